The first-order valence-electron chi connectivity index (χ1n) is 46.2. The molecular formula is C101H112Cl4N15O16P. The number of pyridine rings is 4. The highest BCUT2D eigenvalue weighted by atomic mass is 35.5. The normalized spacial score (nSPS) is 19.2. The Hall–Kier alpha value is -11.2. The molecule has 0 radical (unpaired) electrons. The van der Waals surface area contributed by atoms with Crippen molar-refractivity contribution in [3.05, 3.63) is 259 Å². The van der Waals surface area contributed by atoms with Gasteiger partial charge in [0.2, 0.25) is 5.90 Å². The van der Waals surface area contributed by atoms with Gasteiger partial charge in [-0.3, -0.25) is 73.4 Å². The fourth-order valence-corrected chi connectivity index (χ4v) is 19.2. The predicted molar refractivity (Wildman–Crippen MR) is 524 cm³/mol. The van der Waals surface area contributed by atoms with E-state index >= 15 is 0 Å². The Morgan fingerprint density at radius 1 is 0.496 bits per heavy atom. The van der Waals surface area contributed by atoms with Gasteiger partial charge in [0.1, 0.15) is 30.2 Å². The number of morpholine rings is 2. The van der Waals surface area contributed by atoms with E-state index in [0.717, 1.165) is 107 Å². The summed E-state index contributed by atoms with van der Waals surface area (Å²) in [5, 5.41) is 21.6. The van der Waals surface area contributed by atoms with Crippen molar-refractivity contribution in [3.8, 4) is 5.69 Å². The number of fused-ring (bicyclic) bond motifs is 6. The van der Waals surface area contributed by atoms with Gasteiger partial charge >= 0.3 is 31.5 Å². The summed E-state index contributed by atoms with van der Waals surface area (Å²) in [4.78, 5) is 122. The maximum absolute atomic E-state index is 14.8. The lowest BCUT2D eigenvalue weighted by Gasteiger charge is -2.41. The van der Waals surface area contributed by atoms with Gasteiger partial charge in [0.25, 0.3) is 0 Å². The molecule has 6 aliphatic heterocycles. The number of nitrogens with zero attached hydrogens (tertiary/aromatic N) is 14. The number of ketones is 1. The summed E-state index contributed by atoms with van der Waals surface area (Å²) in [7, 11) is 1.85. The summed E-state index contributed by atoms with van der Waals surface area (Å²) < 4.78 is 57.5. The molecule has 6 atom stereocenters. The van der Waals surface area contributed by atoms with Crippen LogP contribution in [0.25, 0.3) is 5.69 Å². The molecular weight excluding hydrogens is 1850 g/mol. The second-order valence-electron chi connectivity index (χ2n) is 34.2. The zero-order valence-electron chi connectivity index (χ0n) is 76.8. The Morgan fingerprint density at radius 3 is 1.36 bits per heavy atom. The van der Waals surface area contributed by atoms with Gasteiger partial charge in [-0.25, -0.2) is 23.9 Å². The molecule has 4 saturated carbocycles. The average molecular weight is 1960 g/mol. The lowest BCUT2D eigenvalue weighted by atomic mass is 9.97. The second kappa shape index (κ2) is 49.4. The quantitative estimate of drug-likeness (QED) is 0.0186. The number of aldehydes is 1. The Kier molecular flexibility index (Phi) is 36.7. The van der Waals surface area contributed by atoms with Crippen molar-refractivity contribution in [1.29, 1.82) is 0 Å². The first kappa shape index (κ1) is 102. The van der Waals surface area contributed by atoms with E-state index in [9.17, 15) is 38.4 Å². The van der Waals surface area contributed by atoms with Crippen molar-refractivity contribution in [2.45, 2.75) is 164 Å². The van der Waals surface area contributed by atoms with Crippen LogP contribution in [0.15, 0.2) is 207 Å². The fourth-order valence-electron chi connectivity index (χ4n) is 16.2. The van der Waals surface area contributed by atoms with E-state index < -0.39 is 25.7 Å². The standard InChI is InChI=1S/C26H31ClN5O6P.C24H26ClN3O3.C23H21ClN4O2.C19H17ClN2O3.C5H11NO.C4H6O/c1-35-24(33)8-7-23-26(38-39(34,31-10-14-36-15-11-31)32-12-16-37-17-13-32)30-21-6-5-19(27)18-20(21)25(29-23)22-4-2-3-9-28-22;1-31-23(30)12-10-20-19(9-11-22(29)15-5-6-15)27-18-8-7-16(25)14-17(18)24(28-20)21-4-2-3-13-26-21;1-30-21(29)10-8-18-23-26-13-20(14-5-6-14)28(23)19-9-7-15(24)12-16(19)22(27-18)17-4-2-3-11-25-17;1-25-18(24)8-7-15-17(23)10-12-5-6-13(20)11-14(12)19(22-15)16-4-2-3-9-21-16;6-3-5(7)4-1-2-4;5-3-4-1-2-4/h2-6,9,18,23H,7-8,10-17H2,1H3;2-4,7-8,13-15,20,22,29H,5-6,9-12H2,1H3;2-4,7,9,11-14,18H,5-6,8,10H2,1H3;2-6,9,11,15H,7-8,10H2,1H3;4-5,7H,1-3,6H2;3-4H,1-2H2/t23-;20-,22?;18-;15-;;/m0000../s1. The zero-order valence-corrected chi connectivity index (χ0v) is 80.7. The zero-order chi connectivity index (χ0) is 96.5. The molecule has 4 N–H and O–H groups in total. The summed E-state index contributed by atoms with van der Waals surface area (Å²) in [5.41, 5.74) is 19.0. The van der Waals surface area contributed by atoms with Crippen LogP contribution in [0.4, 0.5) is 11.4 Å². The number of methoxy groups -OCH3 is 4. The minimum absolute atomic E-state index is 0.0293. The van der Waals surface area contributed by atoms with E-state index in [1.54, 1.807) is 55.1 Å². The predicted octanol–water partition coefficient (Wildman–Crippen LogP) is 16.2. The Balaban J connectivity index is 0.000000141. The van der Waals surface area contributed by atoms with Crippen LogP contribution in [0.1, 0.15) is 190 Å². The van der Waals surface area contributed by atoms with Crippen LogP contribution in [-0.2, 0) is 72.7 Å². The summed E-state index contributed by atoms with van der Waals surface area (Å²) in [6.45, 7) is 4.00. The summed E-state index contributed by atoms with van der Waals surface area (Å²) in [6, 6.07) is 42.7. The van der Waals surface area contributed by atoms with E-state index in [4.69, 9.17) is 115 Å². The molecule has 31 nitrogen and oxygen atoms in total. The SMILES string of the molecule is COC(=O)CC[C@@H]1N=C(c2ccccn2)c2cc(Cl)ccc2-n2c(C3CC3)cnc21.COC(=O)CC[C@@H]1N=C(c2ccccn2)c2cc(Cl)ccc2CC1=O.COC(=O)CC[C@@H]1N=C(c2ccccn2)c2cc(Cl)ccc2N=C1CCC(O)C1CC1.COC(=O)CC[C@@H]1N=C(c2ccccn2)c2cc(Cl)ccc2N=C1OP(=O)(N1CCOCC1)N1CCOCC1.NCC(O)C1CC1.O=CC1CC1. The first-order chi connectivity index (χ1) is 66.5. The number of carbonyl (C=O) groups is 6. The molecule has 0 amide bonds. The number of ether oxygens (including phenoxy) is 6. The number of imidazole rings is 1. The largest absolute Gasteiger partial charge is 0.469 e. The topological polar surface area (TPSA) is 401 Å². The number of hydrogen-bond donors (Lipinski definition) is 3. The van der Waals surface area contributed by atoms with Gasteiger partial charge in [0, 0.05) is 161 Å². The first-order valence-corrected chi connectivity index (χ1v) is 49.2. The van der Waals surface area contributed by atoms with Crippen LogP contribution >= 0.6 is 54.1 Å². The monoisotopic (exact) mass is 1960 g/mol. The molecule has 2 unspecified atom stereocenters. The number of halogens is 4. The number of esters is 4. The van der Waals surface area contributed by atoms with Crippen molar-refractivity contribution < 1.29 is 76.5 Å². The molecule has 4 aromatic carbocycles. The number of Topliss-reactive ketones (excluding diaryl/α,β-unsaturated/α-hetero) is 1. The van der Waals surface area contributed by atoms with Crippen molar-refractivity contribution in [3.63, 3.8) is 0 Å². The van der Waals surface area contributed by atoms with Gasteiger partial charge in [0.05, 0.1) is 136 Å². The highest BCUT2D eigenvalue weighted by molar-refractivity contribution is 7.54. The highest BCUT2D eigenvalue weighted by Crippen LogP contribution is 2.56. The van der Waals surface area contributed by atoms with Gasteiger partial charge in [-0.15, -0.1) is 0 Å². The molecule has 6 fully saturated rings. The lowest BCUT2D eigenvalue weighted by molar-refractivity contribution is -0.141. The van der Waals surface area contributed by atoms with Crippen LogP contribution < -0.4 is 5.73 Å². The number of hydrogen-bond acceptors (Lipinski definition) is 28. The third-order valence-electron chi connectivity index (χ3n) is 24.4. The summed E-state index contributed by atoms with van der Waals surface area (Å²) in [6.07, 6.45) is 22.2. The number of benzene rings is 4. The third kappa shape index (κ3) is 27.9. The Labute approximate surface area is 815 Å². The number of rotatable bonds is 27. The Morgan fingerprint density at radius 2 is 0.912 bits per heavy atom. The van der Waals surface area contributed by atoms with Gasteiger partial charge in [0.15, 0.2) is 5.78 Å². The van der Waals surface area contributed by atoms with Crippen molar-refractivity contribution in [1.82, 2.24) is 38.8 Å². The molecule has 36 heteroatoms. The van der Waals surface area contributed by atoms with Crippen LogP contribution in [0.3, 0.4) is 0 Å². The fraction of sp³-hybridized carbons (Fsp3) is 0.416. The molecule has 9 aromatic rings. The molecule has 720 valence electrons. The molecule has 11 heterocycles. The highest BCUT2D eigenvalue weighted by Gasteiger charge is 2.45. The van der Waals surface area contributed by atoms with Gasteiger partial charge < -0.3 is 53.7 Å². The Bertz CT molecular complexity index is 5930. The molecule has 5 aromatic heterocycles. The maximum atomic E-state index is 14.8. The molecule has 0 bridgehead atoms. The van der Waals surface area contributed by atoms with E-state index in [2.05, 4.69) is 34.2 Å². The van der Waals surface area contributed by atoms with Crippen LogP contribution in [0.5, 0.6) is 0 Å². The van der Waals surface area contributed by atoms with Crippen molar-refractivity contribution >= 4 is 136 Å². The van der Waals surface area contributed by atoms with E-state index in [0.29, 0.717) is 175 Å². The van der Waals surface area contributed by atoms with E-state index in [-0.39, 0.29) is 92.4 Å². The number of aromatic nitrogens is 6. The average Bonchev–Trinajstić information content (AvgIpc) is 1.59. The molecule has 0 spiro atoms. The van der Waals surface area contributed by atoms with E-state index in [1.165, 1.54) is 47.0 Å². The molecule has 10 aliphatic rings. The number of aliphatic hydroxyl groups is 2. The van der Waals surface area contributed by atoms with Crippen LogP contribution in [-0.4, -0.2) is 237 Å². The maximum Gasteiger partial charge on any atom is 0.397 e. The minimum Gasteiger partial charge on any atom is -0.469 e. The minimum atomic E-state index is -3.61. The van der Waals surface area contributed by atoms with Crippen LogP contribution in [0, 0.1) is 17.8 Å². The van der Waals surface area contributed by atoms with Crippen molar-refractivity contribution in [2.75, 3.05) is 87.6 Å². The lowest BCUT2D eigenvalue weighted by Crippen LogP contribution is -2.44. The summed E-state index contributed by atoms with van der Waals surface area (Å²) in [5.74, 6) is 1.60. The van der Waals surface area contributed by atoms with Crippen LogP contribution in [0.2, 0.25) is 20.1 Å². The molecule has 4 aliphatic carbocycles. The van der Waals surface area contributed by atoms with Gasteiger partial charge in [-0.1, -0.05) is 76.7 Å². The number of carbonyl (C=O) groups excluding carboxylic acids is 6. The molecule has 2 saturated heterocycles. The molecule has 19 rings (SSSR count). The number of aliphatic hydroxyl groups excluding tert-OH is 2. The third-order valence-corrected chi connectivity index (χ3v) is 28.0. The molecule has 137 heavy (non-hydrogen) atoms. The number of aliphatic imine (C=N–C) groups is 6. The van der Waals surface area contributed by atoms with Gasteiger partial charge in [-0.2, -0.15) is 0 Å². The van der Waals surface area contributed by atoms with E-state index in [1.807, 2.05) is 131 Å². The second-order valence-corrected chi connectivity index (χ2v) is 38.2. The van der Waals surface area contributed by atoms with Crippen molar-refractivity contribution in [2.24, 2.45) is 53.4 Å². The number of nitrogens with two attached hydrogens (primary N) is 1. The summed E-state index contributed by atoms with van der Waals surface area (Å²) >= 11 is 25.2. The van der Waals surface area contributed by atoms with Gasteiger partial charge in [-0.05, 0) is 223 Å². The smallest absolute Gasteiger partial charge is 0.397 e.